The van der Waals surface area contributed by atoms with Crippen molar-refractivity contribution in [2.45, 2.75) is 25.2 Å². The molecule has 1 amide bonds. The van der Waals surface area contributed by atoms with Gasteiger partial charge >= 0.3 is 17.5 Å². The molecule has 3 aromatic rings. The van der Waals surface area contributed by atoms with Gasteiger partial charge < -0.3 is 14.2 Å². The number of benzene rings is 1. The van der Waals surface area contributed by atoms with Crippen LogP contribution in [0.2, 0.25) is 0 Å². The molecule has 0 bridgehead atoms. The smallest absolute Gasteiger partial charge is 0.406 e. The number of nitrogens with zero attached hydrogens (tertiary/aromatic N) is 5. The number of hydrogen-bond donors (Lipinski definition) is 0. The molecular formula is C22H17BrF3N5O4. The topological polar surface area (TPSA) is 110 Å². The molecule has 13 heteroatoms. The summed E-state index contributed by atoms with van der Waals surface area (Å²) >= 11 is 3.24. The van der Waals surface area contributed by atoms with Crippen LogP contribution in [0.5, 0.6) is 5.75 Å². The van der Waals surface area contributed by atoms with E-state index in [-0.39, 0.29) is 35.9 Å². The van der Waals surface area contributed by atoms with E-state index in [9.17, 15) is 32.8 Å². The first-order valence-corrected chi connectivity index (χ1v) is 11.2. The van der Waals surface area contributed by atoms with Crippen LogP contribution in [-0.2, 0) is 7.05 Å². The van der Waals surface area contributed by atoms with Crippen LogP contribution in [0.4, 0.5) is 13.2 Å². The van der Waals surface area contributed by atoms with E-state index in [1.54, 1.807) is 6.07 Å². The molecule has 1 saturated heterocycles. The maximum Gasteiger partial charge on any atom is 0.573 e. The van der Waals surface area contributed by atoms with E-state index in [4.69, 9.17) is 0 Å². The maximum atomic E-state index is 12.9. The summed E-state index contributed by atoms with van der Waals surface area (Å²) < 4.78 is 43.7. The van der Waals surface area contributed by atoms with Gasteiger partial charge in [-0.05, 0) is 59.1 Å². The lowest BCUT2D eigenvalue weighted by atomic mass is 10.0. The van der Waals surface area contributed by atoms with Gasteiger partial charge in [-0.25, -0.2) is 4.98 Å². The fourth-order valence-corrected chi connectivity index (χ4v) is 4.47. The van der Waals surface area contributed by atoms with Crippen molar-refractivity contribution in [3.63, 3.8) is 0 Å². The van der Waals surface area contributed by atoms with Crippen molar-refractivity contribution < 1.29 is 22.7 Å². The molecule has 0 aliphatic carbocycles. The number of aromatic nitrogens is 3. The minimum atomic E-state index is -4.83. The van der Waals surface area contributed by atoms with Crippen molar-refractivity contribution in [1.29, 1.82) is 5.26 Å². The number of halogens is 4. The summed E-state index contributed by atoms with van der Waals surface area (Å²) in [5.41, 5.74) is -0.685. The van der Waals surface area contributed by atoms with Crippen LogP contribution in [0, 0.1) is 11.3 Å². The molecule has 0 spiro atoms. The number of likely N-dealkylation sites (tertiary alicyclic amines) is 1. The first-order chi connectivity index (χ1) is 16.5. The number of hydrogen-bond acceptors (Lipinski definition) is 6. The second-order valence-corrected chi connectivity index (χ2v) is 8.76. The number of carbonyl (C=O) groups excluding carboxylic acids is 1. The van der Waals surface area contributed by atoms with Gasteiger partial charge in [0.15, 0.2) is 11.3 Å². The van der Waals surface area contributed by atoms with Gasteiger partial charge in [0.25, 0.3) is 5.91 Å². The van der Waals surface area contributed by atoms with Crippen LogP contribution >= 0.6 is 15.9 Å². The average Bonchev–Trinajstić information content (AvgIpc) is 2.82. The number of rotatable bonds is 3. The van der Waals surface area contributed by atoms with Gasteiger partial charge in [-0.1, -0.05) is 0 Å². The minimum absolute atomic E-state index is 0.0647. The zero-order valence-electron chi connectivity index (χ0n) is 18.2. The van der Waals surface area contributed by atoms with Crippen molar-refractivity contribution in [2.75, 3.05) is 13.1 Å². The normalized spacial score (nSPS) is 14.7. The summed E-state index contributed by atoms with van der Waals surface area (Å²) in [6.45, 7) is 0.490. The highest BCUT2D eigenvalue weighted by Crippen LogP contribution is 2.28. The molecule has 0 atom stereocenters. The monoisotopic (exact) mass is 551 g/mol. The number of pyridine rings is 1. The zero-order valence-corrected chi connectivity index (χ0v) is 19.8. The Labute approximate surface area is 204 Å². The predicted octanol–water partition coefficient (Wildman–Crippen LogP) is 3.11. The molecule has 182 valence electrons. The number of ether oxygens (including phenoxy) is 1. The highest BCUT2D eigenvalue weighted by atomic mass is 79.9. The standard InChI is InChI=1S/C22H17BrF3N5O4/c1-29-17-10-15(23)16(11-27)28-18(17)31(21(34)20(29)33)13-6-8-30(9-7-13)19(32)12-2-4-14(5-3-12)35-22(24,25)26/h2-5,10,13H,6-9H2,1H3. The van der Waals surface area contributed by atoms with E-state index in [2.05, 4.69) is 25.7 Å². The molecule has 0 radical (unpaired) electrons. The lowest BCUT2D eigenvalue weighted by Gasteiger charge is -2.33. The van der Waals surface area contributed by atoms with Gasteiger partial charge in [0.2, 0.25) is 0 Å². The van der Waals surface area contributed by atoms with Gasteiger partial charge in [-0.15, -0.1) is 13.2 Å². The van der Waals surface area contributed by atoms with Crippen LogP contribution in [-0.4, -0.2) is 44.4 Å². The Morgan fingerprint density at radius 3 is 2.37 bits per heavy atom. The number of nitriles is 1. The summed E-state index contributed by atoms with van der Waals surface area (Å²) in [5, 5.41) is 9.34. The number of amides is 1. The third kappa shape index (κ3) is 4.79. The van der Waals surface area contributed by atoms with Crippen molar-refractivity contribution in [3.8, 4) is 11.8 Å². The number of carbonyl (C=O) groups is 1. The summed E-state index contributed by atoms with van der Waals surface area (Å²) in [4.78, 5) is 44.1. The summed E-state index contributed by atoms with van der Waals surface area (Å²) in [5.74, 6) is -0.808. The number of alkyl halides is 3. The van der Waals surface area contributed by atoms with Crippen LogP contribution in [0.3, 0.4) is 0 Å². The highest BCUT2D eigenvalue weighted by Gasteiger charge is 2.31. The Kier molecular flexibility index (Phi) is 6.42. The first kappa shape index (κ1) is 24.5. The van der Waals surface area contributed by atoms with E-state index in [1.807, 2.05) is 6.07 Å². The minimum Gasteiger partial charge on any atom is -0.406 e. The number of aryl methyl sites for hydroxylation is 1. The van der Waals surface area contributed by atoms with E-state index in [0.29, 0.717) is 22.8 Å². The summed E-state index contributed by atoms with van der Waals surface area (Å²) in [6, 6.07) is 7.69. The largest absolute Gasteiger partial charge is 0.573 e. The van der Waals surface area contributed by atoms with Gasteiger partial charge in [0.05, 0.1) is 9.99 Å². The van der Waals surface area contributed by atoms with Crippen LogP contribution in [0.1, 0.15) is 34.9 Å². The molecule has 1 aromatic carbocycles. The molecular weight excluding hydrogens is 535 g/mol. The molecule has 1 aliphatic heterocycles. The van der Waals surface area contributed by atoms with Crippen molar-refractivity contribution >= 4 is 33.0 Å². The first-order valence-electron chi connectivity index (χ1n) is 10.4. The Balaban J connectivity index is 1.58. The second-order valence-electron chi connectivity index (χ2n) is 7.91. The lowest BCUT2D eigenvalue weighted by molar-refractivity contribution is -0.274. The molecule has 4 rings (SSSR count). The van der Waals surface area contributed by atoms with Gasteiger partial charge in [0, 0.05) is 31.7 Å². The Morgan fingerprint density at radius 1 is 1.17 bits per heavy atom. The molecule has 35 heavy (non-hydrogen) atoms. The predicted molar refractivity (Wildman–Crippen MR) is 121 cm³/mol. The molecule has 1 fully saturated rings. The van der Waals surface area contributed by atoms with Crippen LogP contribution in [0.25, 0.3) is 11.2 Å². The highest BCUT2D eigenvalue weighted by molar-refractivity contribution is 9.10. The third-order valence-electron chi connectivity index (χ3n) is 5.79. The van der Waals surface area contributed by atoms with Crippen molar-refractivity contribution in [2.24, 2.45) is 7.05 Å². The van der Waals surface area contributed by atoms with Gasteiger partial charge in [0.1, 0.15) is 11.8 Å². The van der Waals surface area contributed by atoms with E-state index in [0.717, 1.165) is 12.1 Å². The van der Waals surface area contributed by atoms with Crippen LogP contribution < -0.4 is 15.9 Å². The molecule has 0 saturated carbocycles. The Bertz CT molecular complexity index is 1470. The molecule has 2 aromatic heterocycles. The SMILES string of the molecule is Cn1c(=O)c(=O)n(C2CCN(C(=O)c3ccc(OC(F)(F)F)cc3)CC2)c2nc(C#N)c(Br)cc21. The van der Waals surface area contributed by atoms with E-state index in [1.165, 1.54) is 33.2 Å². The number of piperidine rings is 1. The molecule has 0 unspecified atom stereocenters. The molecule has 1 aliphatic rings. The van der Waals surface area contributed by atoms with Gasteiger partial charge in [-0.3, -0.25) is 19.0 Å². The summed E-state index contributed by atoms with van der Waals surface area (Å²) in [6.07, 6.45) is -4.15. The van der Waals surface area contributed by atoms with E-state index < -0.39 is 29.3 Å². The van der Waals surface area contributed by atoms with Crippen molar-refractivity contribution in [3.05, 3.63) is 66.8 Å². The van der Waals surface area contributed by atoms with Gasteiger partial charge in [-0.2, -0.15) is 5.26 Å². The quantitative estimate of drug-likeness (QED) is 0.462. The fourth-order valence-electron chi connectivity index (χ4n) is 4.07. The number of fused-ring (bicyclic) bond motifs is 1. The Hall–Kier alpha value is -3.66. The Morgan fingerprint density at radius 2 is 1.80 bits per heavy atom. The van der Waals surface area contributed by atoms with Crippen molar-refractivity contribution in [1.82, 2.24) is 19.0 Å². The van der Waals surface area contributed by atoms with E-state index >= 15 is 0 Å². The summed E-state index contributed by atoms with van der Waals surface area (Å²) in [7, 11) is 1.45. The zero-order chi connectivity index (χ0) is 25.5. The molecule has 3 heterocycles. The van der Waals surface area contributed by atoms with Crippen LogP contribution in [0.15, 0.2) is 44.4 Å². The molecule has 0 N–H and O–H groups in total. The molecule has 9 nitrogen and oxygen atoms in total. The average molecular weight is 552 g/mol. The second kappa shape index (κ2) is 9.18. The lowest BCUT2D eigenvalue weighted by Crippen LogP contribution is -2.46. The maximum absolute atomic E-state index is 12.9. The third-order valence-corrected chi connectivity index (χ3v) is 6.39. The fraction of sp³-hybridized carbons (Fsp3) is 0.318.